The van der Waals surface area contributed by atoms with E-state index in [1.807, 2.05) is 12.1 Å². The molecule has 0 aliphatic carbocycles. The third-order valence-corrected chi connectivity index (χ3v) is 6.01. The Morgan fingerprint density at radius 3 is 2.58 bits per heavy atom. The summed E-state index contributed by atoms with van der Waals surface area (Å²) in [4.78, 5) is 6.63. The number of guanidine groups is 1. The molecule has 2 heterocycles. The highest BCUT2D eigenvalue weighted by Gasteiger charge is 2.25. The van der Waals surface area contributed by atoms with Crippen molar-refractivity contribution in [1.82, 2.24) is 15.5 Å². The second kappa shape index (κ2) is 11.8. The summed E-state index contributed by atoms with van der Waals surface area (Å²) in [6.07, 6.45) is 5.19. The van der Waals surface area contributed by atoms with Gasteiger partial charge in [-0.1, -0.05) is 6.07 Å². The lowest BCUT2D eigenvalue weighted by Gasteiger charge is -2.26. The molecular formula is C21H30FIN4O3S. The van der Waals surface area contributed by atoms with E-state index in [1.165, 1.54) is 37.3 Å². The number of aliphatic imine (C=N–C) groups is 1. The van der Waals surface area contributed by atoms with Crippen LogP contribution in [0, 0.1) is 5.82 Å². The van der Waals surface area contributed by atoms with Crippen LogP contribution in [-0.4, -0.2) is 52.2 Å². The summed E-state index contributed by atoms with van der Waals surface area (Å²) >= 11 is 0. The van der Waals surface area contributed by atoms with Gasteiger partial charge < -0.3 is 15.1 Å². The third kappa shape index (κ3) is 7.76. The molecule has 172 valence electrons. The van der Waals surface area contributed by atoms with Crippen molar-refractivity contribution in [2.45, 2.75) is 31.2 Å². The number of halogens is 2. The first-order valence-corrected chi connectivity index (χ1v) is 12.1. The van der Waals surface area contributed by atoms with E-state index in [2.05, 4.69) is 20.5 Å². The summed E-state index contributed by atoms with van der Waals surface area (Å²) in [5.41, 5.74) is 1.16. The summed E-state index contributed by atoms with van der Waals surface area (Å²) in [6.45, 7) is 2.92. The molecule has 10 heteroatoms. The Kier molecular flexibility index (Phi) is 9.76. The SMILES string of the molecule is CN=C(NCc1cc(F)ccc1CS(C)(=O)=O)NCC(c1ccco1)N1CCCC1.I. The minimum absolute atomic E-state index is 0. The van der Waals surface area contributed by atoms with Crippen LogP contribution in [0.15, 0.2) is 46.0 Å². The number of nitrogens with one attached hydrogen (secondary N) is 2. The van der Waals surface area contributed by atoms with Gasteiger partial charge >= 0.3 is 0 Å². The average Bonchev–Trinajstić information content (AvgIpc) is 3.40. The van der Waals surface area contributed by atoms with Gasteiger partial charge in [0.15, 0.2) is 15.8 Å². The fraction of sp³-hybridized carbons (Fsp3) is 0.476. The first-order valence-electron chi connectivity index (χ1n) is 10.0. The molecule has 31 heavy (non-hydrogen) atoms. The Balaban J connectivity index is 0.00000341. The van der Waals surface area contributed by atoms with Gasteiger partial charge in [0.05, 0.1) is 18.1 Å². The van der Waals surface area contributed by atoms with Gasteiger partial charge in [-0.05, 0) is 61.3 Å². The predicted molar refractivity (Wildman–Crippen MR) is 131 cm³/mol. The molecule has 1 fully saturated rings. The number of sulfone groups is 1. The summed E-state index contributed by atoms with van der Waals surface area (Å²) < 4.78 is 42.7. The molecule has 1 unspecified atom stereocenters. The molecule has 2 aromatic rings. The molecular weight excluding hydrogens is 534 g/mol. The summed E-state index contributed by atoms with van der Waals surface area (Å²) in [5.74, 6) is 0.922. The predicted octanol–water partition coefficient (Wildman–Crippen LogP) is 3.08. The van der Waals surface area contributed by atoms with Gasteiger partial charge in [-0.2, -0.15) is 0 Å². The normalized spacial score (nSPS) is 16.0. The zero-order chi connectivity index (χ0) is 21.6. The molecule has 0 amide bonds. The molecule has 3 rings (SSSR count). The summed E-state index contributed by atoms with van der Waals surface area (Å²) in [6, 6.07) is 8.11. The molecule has 0 saturated carbocycles. The zero-order valence-electron chi connectivity index (χ0n) is 17.8. The Morgan fingerprint density at radius 2 is 1.97 bits per heavy atom. The van der Waals surface area contributed by atoms with Crippen molar-refractivity contribution in [3.05, 3.63) is 59.3 Å². The Bertz CT molecular complexity index is 961. The molecule has 2 N–H and O–H groups in total. The van der Waals surface area contributed by atoms with Crippen molar-refractivity contribution in [2.75, 3.05) is 32.9 Å². The zero-order valence-corrected chi connectivity index (χ0v) is 21.0. The van der Waals surface area contributed by atoms with Crippen molar-refractivity contribution >= 4 is 39.8 Å². The molecule has 1 aliphatic rings. The van der Waals surface area contributed by atoms with E-state index in [0.717, 1.165) is 18.8 Å². The maximum atomic E-state index is 13.7. The minimum atomic E-state index is -3.22. The molecule has 1 saturated heterocycles. The molecule has 0 spiro atoms. The van der Waals surface area contributed by atoms with E-state index in [9.17, 15) is 12.8 Å². The number of nitrogens with zero attached hydrogens (tertiary/aromatic N) is 2. The minimum Gasteiger partial charge on any atom is -0.468 e. The largest absolute Gasteiger partial charge is 0.468 e. The van der Waals surface area contributed by atoms with Gasteiger partial charge in [-0.15, -0.1) is 24.0 Å². The first kappa shape index (κ1) is 25.6. The Hall–Kier alpha value is -1.66. The van der Waals surface area contributed by atoms with Crippen LogP contribution in [-0.2, 0) is 22.1 Å². The number of hydrogen-bond donors (Lipinski definition) is 2. The lowest BCUT2D eigenvalue weighted by Crippen LogP contribution is -2.42. The number of furan rings is 1. The van der Waals surface area contributed by atoms with Crippen LogP contribution >= 0.6 is 24.0 Å². The fourth-order valence-electron chi connectivity index (χ4n) is 3.72. The van der Waals surface area contributed by atoms with Crippen LogP contribution in [0.25, 0.3) is 0 Å². The average molecular weight is 564 g/mol. The quantitative estimate of drug-likeness (QED) is 0.291. The number of benzene rings is 1. The topological polar surface area (TPSA) is 86.9 Å². The lowest BCUT2D eigenvalue weighted by molar-refractivity contribution is 0.215. The second-order valence-corrected chi connectivity index (χ2v) is 9.70. The van der Waals surface area contributed by atoms with E-state index < -0.39 is 15.7 Å². The van der Waals surface area contributed by atoms with Crippen LogP contribution in [0.2, 0.25) is 0 Å². The fourth-order valence-corrected chi connectivity index (χ4v) is 4.57. The lowest BCUT2D eigenvalue weighted by atomic mass is 10.1. The second-order valence-electron chi connectivity index (χ2n) is 7.56. The highest BCUT2D eigenvalue weighted by Crippen LogP contribution is 2.24. The van der Waals surface area contributed by atoms with Crippen molar-refractivity contribution in [2.24, 2.45) is 4.99 Å². The Labute approximate surface area is 200 Å². The molecule has 1 aromatic carbocycles. The van der Waals surface area contributed by atoms with Crippen molar-refractivity contribution in [1.29, 1.82) is 0 Å². The van der Waals surface area contributed by atoms with E-state index in [4.69, 9.17) is 4.42 Å². The van der Waals surface area contributed by atoms with E-state index in [1.54, 1.807) is 13.3 Å². The van der Waals surface area contributed by atoms with Gasteiger partial charge in [0.1, 0.15) is 11.6 Å². The maximum Gasteiger partial charge on any atom is 0.191 e. The van der Waals surface area contributed by atoms with Gasteiger partial charge in [0.2, 0.25) is 0 Å². The van der Waals surface area contributed by atoms with Gasteiger partial charge in [-0.3, -0.25) is 9.89 Å². The van der Waals surface area contributed by atoms with Crippen molar-refractivity contribution < 1.29 is 17.2 Å². The smallest absolute Gasteiger partial charge is 0.191 e. The van der Waals surface area contributed by atoms with Gasteiger partial charge in [-0.25, -0.2) is 12.8 Å². The third-order valence-electron chi connectivity index (χ3n) is 5.17. The van der Waals surface area contributed by atoms with Crippen LogP contribution < -0.4 is 10.6 Å². The van der Waals surface area contributed by atoms with Gasteiger partial charge in [0, 0.05) is 26.4 Å². The molecule has 1 atom stereocenters. The van der Waals surface area contributed by atoms with Crippen LogP contribution in [0.3, 0.4) is 0 Å². The first-order chi connectivity index (χ1) is 14.4. The number of rotatable bonds is 8. The molecule has 1 aliphatic heterocycles. The van der Waals surface area contributed by atoms with Crippen LogP contribution in [0.5, 0.6) is 0 Å². The van der Waals surface area contributed by atoms with E-state index in [-0.39, 0.29) is 42.3 Å². The van der Waals surface area contributed by atoms with E-state index >= 15 is 0 Å². The number of likely N-dealkylation sites (tertiary alicyclic amines) is 1. The highest BCUT2D eigenvalue weighted by atomic mass is 127. The standard InChI is InChI=1S/C21H29FN4O3S.HI/c1-23-21(24-13-17-12-18(22)8-7-16(17)15-30(2,27)28)25-14-19(20-6-5-11-29-20)26-9-3-4-10-26;/h5-8,11-12,19H,3-4,9-10,13-15H2,1-2H3,(H2,23,24,25);1H. The number of hydrogen-bond acceptors (Lipinski definition) is 5. The van der Waals surface area contributed by atoms with Gasteiger partial charge in [0.25, 0.3) is 0 Å². The summed E-state index contributed by atoms with van der Waals surface area (Å²) in [7, 11) is -1.56. The monoisotopic (exact) mass is 564 g/mol. The maximum absolute atomic E-state index is 13.7. The molecule has 0 radical (unpaired) electrons. The van der Waals surface area contributed by atoms with Crippen LogP contribution in [0.1, 0.15) is 35.8 Å². The van der Waals surface area contributed by atoms with E-state index in [0.29, 0.717) is 23.6 Å². The van der Waals surface area contributed by atoms with Crippen molar-refractivity contribution in [3.8, 4) is 0 Å². The van der Waals surface area contributed by atoms with Crippen LogP contribution in [0.4, 0.5) is 4.39 Å². The molecule has 0 bridgehead atoms. The molecule has 7 nitrogen and oxygen atoms in total. The van der Waals surface area contributed by atoms with Crippen molar-refractivity contribution in [3.63, 3.8) is 0 Å². The highest BCUT2D eigenvalue weighted by molar-refractivity contribution is 14.0. The Morgan fingerprint density at radius 1 is 1.23 bits per heavy atom. The summed E-state index contributed by atoms with van der Waals surface area (Å²) in [5, 5.41) is 6.47. The molecule has 1 aromatic heterocycles.